The molecule has 0 radical (unpaired) electrons. The number of nitrogens with one attached hydrogen (secondary N) is 1. The van der Waals surface area contributed by atoms with Crippen molar-refractivity contribution < 1.29 is 18.0 Å². The second kappa shape index (κ2) is 7.75. The Morgan fingerprint density at radius 2 is 1.89 bits per heavy atom. The van der Waals surface area contributed by atoms with Crippen LogP contribution < -0.4 is 10.2 Å². The Balaban J connectivity index is 1.68. The Kier molecular flexibility index (Phi) is 5.56. The smallest absolute Gasteiger partial charge is 0.231 e. The Labute approximate surface area is 165 Å². The number of hydrogen-bond donors (Lipinski definition) is 1. The van der Waals surface area contributed by atoms with Crippen molar-refractivity contribution in [1.82, 2.24) is 0 Å². The van der Waals surface area contributed by atoms with Crippen molar-refractivity contribution in [2.24, 2.45) is 0 Å². The summed E-state index contributed by atoms with van der Waals surface area (Å²) >= 11 is 0. The average Bonchev–Trinajstić information content (AvgIpc) is 2.96. The molecule has 0 spiro atoms. The van der Waals surface area contributed by atoms with E-state index in [9.17, 15) is 18.0 Å². The van der Waals surface area contributed by atoms with Gasteiger partial charge in [-0.25, -0.2) is 8.42 Å². The number of carbonyl (C=O) groups excluding carboxylic acids is 2. The first-order valence-electron chi connectivity index (χ1n) is 9.24. The maximum atomic E-state index is 12.7. The fourth-order valence-corrected chi connectivity index (χ4v) is 4.70. The highest BCUT2D eigenvalue weighted by atomic mass is 32.2. The first-order chi connectivity index (χ1) is 13.2. The van der Waals surface area contributed by atoms with Crippen LogP contribution in [0.15, 0.2) is 41.3 Å². The van der Waals surface area contributed by atoms with Gasteiger partial charge in [0, 0.05) is 24.3 Å². The molecule has 1 aliphatic rings. The predicted molar refractivity (Wildman–Crippen MR) is 109 cm³/mol. The van der Waals surface area contributed by atoms with Crippen molar-refractivity contribution >= 4 is 33.0 Å². The fourth-order valence-electron chi connectivity index (χ4n) is 3.41. The molecule has 0 atom stereocenters. The zero-order chi connectivity index (χ0) is 20.5. The highest BCUT2D eigenvalue weighted by Crippen LogP contribution is 2.31. The number of benzene rings is 2. The fraction of sp³-hybridized carbons (Fsp3) is 0.333. The summed E-state index contributed by atoms with van der Waals surface area (Å²) in [7, 11) is -3.62. The van der Waals surface area contributed by atoms with Crippen molar-refractivity contribution in [2.45, 2.75) is 38.5 Å². The van der Waals surface area contributed by atoms with E-state index in [0.717, 1.165) is 16.8 Å². The zero-order valence-electron chi connectivity index (χ0n) is 16.3. The molecule has 0 saturated carbocycles. The van der Waals surface area contributed by atoms with Crippen molar-refractivity contribution in [1.29, 1.82) is 0 Å². The van der Waals surface area contributed by atoms with Gasteiger partial charge in [-0.1, -0.05) is 17.7 Å². The van der Waals surface area contributed by atoms with Crippen LogP contribution in [0.4, 0.5) is 11.4 Å². The maximum absolute atomic E-state index is 12.7. The minimum atomic E-state index is -3.62. The summed E-state index contributed by atoms with van der Waals surface area (Å²) in [5.74, 6) is -0.655. The number of hydrogen-bond acceptors (Lipinski definition) is 4. The van der Waals surface area contributed by atoms with Crippen LogP contribution in [0.25, 0.3) is 0 Å². The molecule has 0 aromatic heterocycles. The van der Waals surface area contributed by atoms with Crippen molar-refractivity contribution in [3.05, 3.63) is 53.1 Å². The summed E-state index contributed by atoms with van der Waals surface area (Å²) < 4.78 is 25.3. The van der Waals surface area contributed by atoms with E-state index in [2.05, 4.69) is 5.32 Å². The van der Waals surface area contributed by atoms with Crippen LogP contribution >= 0.6 is 0 Å². The molecule has 2 amide bonds. The lowest BCUT2D eigenvalue weighted by Gasteiger charge is -2.14. The summed E-state index contributed by atoms with van der Waals surface area (Å²) in [5.41, 5.74) is 4.19. The van der Waals surface area contributed by atoms with E-state index in [0.29, 0.717) is 17.8 Å². The lowest BCUT2D eigenvalue weighted by atomic mass is 10.1. The molecule has 6 nitrogen and oxygen atoms in total. The van der Waals surface area contributed by atoms with Gasteiger partial charge in [0.05, 0.1) is 17.1 Å². The summed E-state index contributed by atoms with van der Waals surface area (Å²) in [6.07, 6.45) is 0.0759. The largest absolute Gasteiger partial charge is 0.326 e. The molecule has 3 rings (SSSR count). The molecule has 2 aromatic rings. The SMILES string of the molecule is CCN1C(=O)Cc2cc(S(=O)(=O)CCC(=O)Nc3ccc(C)cc3C)ccc21. The van der Waals surface area contributed by atoms with Gasteiger partial charge >= 0.3 is 0 Å². The number of aryl methyl sites for hydroxylation is 2. The Bertz CT molecular complexity index is 1040. The van der Waals surface area contributed by atoms with E-state index in [-0.39, 0.29) is 35.3 Å². The standard InChI is InChI=1S/C21H24N2O4S/c1-4-23-19-8-6-17(12-16(19)13-21(23)25)28(26,27)10-9-20(24)22-18-7-5-14(2)11-15(18)3/h5-8,11-12H,4,9-10,13H2,1-3H3,(H,22,24). The molecule has 7 heteroatoms. The number of nitrogens with zero attached hydrogens (tertiary/aromatic N) is 1. The molecule has 0 bridgehead atoms. The molecule has 1 aliphatic heterocycles. The van der Waals surface area contributed by atoms with E-state index >= 15 is 0 Å². The topological polar surface area (TPSA) is 83.6 Å². The van der Waals surface area contributed by atoms with E-state index in [1.807, 2.05) is 39.0 Å². The van der Waals surface area contributed by atoms with Gasteiger partial charge in [-0.05, 0) is 56.2 Å². The number of amides is 2. The van der Waals surface area contributed by atoms with E-state index in [1.54, 1.807) is 17.0 Å². The quantitative estimate of drug-likeness (QED) is 0.808. The molecule has 1 N–H and O–H groups in total. The van der Waals surface area contributed by atoms with Gasteiger partial charge in [0.2, 0.25) is 11.8 Å². The summed E-state index contributed by atoms with van der Waals surface area (Å²) in [6.45, 7) is 6.29. The Morgan fingerprint density at radius 3 is 2.57 bits per heavy atom. The highest BCUT2D eigenvalue weighted by Gasteiger charge is 2.28. The number of carbonyl (C=O) groups is 2. The number of fused-ring (bicyclic) bond motifs is 1. The Hall–Kier alpha value is -2.67. The molecule has 0 aliphatic carbocycles. The zero-order valence-corrected chi connectivity index (χ0v) is 17.1. The van der Waals surface area contributed by atoms with E-state index < -0.39 is 9.84 Å². The van der Waals surface area contributed by atoms with Crippen LogP contribution in [0, 0.1) is 13.8 Å². The molecular formula is C21H24N2O4S. The van der Waals surface area contributed by atoms with Crippen LogP contribution in [0.5, 0.6) is 0 Å². The summed E-state index contributed by atoms with van der Waals surface area (Å²) in [5, 5.41) is 2.77. The molecule has 28 heavy (non-hydrogen) atoms. The van der Waals surface area contributed by atoms with Crippen LogP contribution in [-0.4, -0.2) is 32.5 Å². The molecule has 0 saturated heterocycles. The number of likely N-dealkylation sites (N-methyl/N-ethyl adjacent to an activating group) is 1. The van der Waals surface area contributed by atoms with E-state index in [1.165, 1.54) is 6.07 Å². The highest BCUT2D eigenvalue weighted by molar-refractivity contribution is 7.91. The number of anilines is 2. The van der Waals surface area contributed by atoms with Crippen LogP contribution in [-0.2, 0) is 25.8 Å². The number of rotatable bonds is 6. The predicted octanol–water partition coefficient (Wildman–Crippen LogP) is 3.01. The molecule has 2 aromatic carbocycles. The number of sulfone groups is 1. The maximum Gasteiger partial charge on any atom is 0.231 e. The first kappa shape index (κ1) is 20.1. The normalized spacial score (nSPS) is 13.5. The van der Waals surface area contributed by atoms with Gasteiger partial charge in [0.15, 0.2) is 9.84 Å². The Morgan fingerprint density at radius 1 is 1.14 bits per heavy atom. The minimum absolute atomic E-state index is 0.0279. The average molecular weight is 401 g/mol. The minimum Gasteiger partial charge on any atom is -0.326 e. The van der Waals surface area contributed by atoms with Gasteiger partial charge in [-0.15, -0.1) is 0 Å². The lowest BCUT2D eigenvalue weighted by Crippen LogP contribution is -2.25. The third kappa shape index (κ3) is 4.09. The van der Waals surface area contributed by atoms with Crippen molar-refractivity contribution in [2.75, 3.05) is 22.5 Å². The van der Waals surface area contributed by atoms with Gasteiger partial charge in [-0.2, -0.15) is 0 Å². The van der Waals surface area contributed by atoms with Crippen molar-refractivity contribution in [3.8, 4) is 0 Å². The molecule has 148 valence electrons. The van der Waals surface area contributed by atoms with Gasteiger partial charge in [0.25, 0.3) is 0 Å². The van der Waals surface area contributed by atoms with E-state index in [4.69, 9.17) is 0 Å². The monoisotopic (exact) mass is 400 g/mol. The molecule has 1 heterocycles. The molecular weight excluding hydrogens is 376 g/mol. The summed E-state index contributed by atoms with van der Waals surface area (Å²) in [6, 6.07) is 10.4. The lowest BCUT2D eigenvalue weighted by molar-refractivity contribution is -0.117. The first-order valence-corrected chi connectivity index (χ1v) is 10.9. The van der Waals surface area contributed by atoms with Crippen LogP contribution in [0.3, 0.4) is 0 Å². The third-order valence-electron chi connectivity index (χ3n) is 4.91. The van der Waals surface area contributed by atoms with Gasteiger partial charge in [0.1, 0.15) is 0 Å². The van der Waals surface area contributed by atoms with Gasteiger partial charge in [-0.3, -0.25) is 9.59 Å². The molecule has 0 unspecified atom stereocenters. The second-order valence-electron chi connectivity index (χ2n) is 7.04. The van der Waals surface area contributed by atoms with Crippen LogP contribution in [0.1, 0.15) is 30.0 Å². The van der Waals surface area contributed by atoms with Crippen molar-refractivity contribution in [3.63, 3.8) is 0 Å². The third-order valence-corrected chi connectivity index (χ3v) is 6.63. The molecule has 0 fully saturated rings. The van der Waals surface area contributed by atoms with Gasteiger partial charge < -0.3 is 10.2 Å². The summed E-state index contributed by atoms with van der Waals surface area (Å²) in [4.78, 5) is 26.0. The van der Waals surface area contributed by atoms with Crippen LogP contribution in [0.2, 0.25) is 0 Å². The second-order valence-corrected chi connectivity index (χ2v) is 9.15.